The molecule has 0 aliphatic heterocycles. The number of H-pyrrole nitrogens is 1. The highest BCUT2D eigenvalue weighted by molar-refractivity contribution is 5.31. The lowest BCUT2D eigenvalue weighted by molar-refractivity contribution is 0.0144. The topological polar surface area (TPSA) is 111 Å². The molecule has 22 heavy (non-hydrogen) atoms. The van der Waals surface area contributed by atoms with Crippen LogP contribution in [0.25, 0.3) is 0 Å². The van der Waals surface area contributed by atoms with E-state index < -0.39 is 0 Å². The molecule has 0 amide bonds. The monoisotopic (exact) mass is 314 g/mol. The molecule has 0 bridgehead atoms. The van der Waals surface area contributed by atoms with Crippen molar-refractivity contribution in [3.63, 3.8) is 0 Å². The van der Waals surface area contributed by atoms with Crippen molar-refractivity contribution in [1.29, 1.82) is 0 Å². The highest BCUT2D eigenvalue weighted by atomic mass is 16.5. The first kappa shape index (κ1) is 18.6. The molecular formula is C14H26N4O4. The molecule has 0 saturated carbocycles. The summed E-state index contributed by atoms with van der Waals surface area (Å²) in [6, 6.07) is 1.71. The van der Waals surface area contributed by atoms with Crippen LogP contribution in [0.4, 0.5) is 5.82 Å². The van der Waals surface area contributed by atoms with E-state index in [0.29, 0.717) is 58.5 Å². The molecule has 8 heteroatoms. The summed E-state index contributed by atoms with van der Waals surface area (Å²) in [4.78, 5) is 17.2. The van der Waals surface area contributed by atoms with E-state index in [2.05, 4.69) is 15.3 Å². The van der Waals surface area contributed by atoms with Gasteiger partial charge < -0.3 is 30.2 Å². The molecule has 0 radical (unpaired) electrons. The molecule has 8 nitrogen and oxygen atoms in total. The highest BCUT2D eigenvalue weighted by Crippen LogP contribution is 1.95. The van der Waals surface area contributed by atoms with Gasteiger partial charge in [-0.3, -0.25) is 0 Å². The van der Waals surface area contributed by atoms with Gasteiger partial charge in [0.1, 0.15) is 5.82 Å². The summed E-state index contributed by atoms with van der Waals surface area (Å²) >= 11 is 0. The molecule has 0 fully saturated rings. The fourth-order valence-electron chi connectivity index (χ4n) is 1.59. The van der Waals surface area contributed by atoms with Gasteiger partial charge in [-0.15, -0.1) is 0 Å². The van der Waals surface area contributed by atoms with Crippen LogP contribution in [0.3, 0.4) is 0 Å². The van der Waals surface area contributed by atoms with Gasteiger partial charge in [0, 0.05) is 26.0 Å². The van der Waals surface area contributed by atoms with E-state index in [1.807, 2.05) is 0 Å². The van der Waals surface area contributed by atoms with Crippen molar-refractivity contribution >= 4 is 5.82 Å². The van der Waals surface area contributed by atoms with Crippen LogP contribution in [0.2, 0.25) is 0 Å². The van der Waals surface area contributed by atoms with Gasteiger partial charge in [0.25, 0.3) is 0 Å². The van der Waals surface area contributed by atoms with Gasteiger partial charge in [-0.1, -0.05) is 0 Å². The quantitative estimate of drug-likeness (QED) is 0.413. The maximum atomic E-state index is 11.0. The smallest absolute Gasteiger partial charge is 0.346 e. The predicted molar refractivity (Wildman–Crippen MR) is 84.1 cm³/mol. The van der Waals surface area contributed by atoms with Gasteiger partial charge in [-0.05, 0) is 25.5 Å². The molecular weight excluding hydrogens is 288 g/mol. The summed E-state index contributed by atoms with van der Waals surface area (Å²) < 4.78 is 16.1. The maximum Gasteiger partial charge on any atom is 0.346 e. The molecule has 0 atom stereocenters. The Hall–Kier alpha value is -1.48. The summed E-state index contributed by atoms with van der Waals surface area (Å²) in [7, 11) is 0. The van der Waals surface area contributed by atoms with Crippen molar-refractivity contribution in [3.05, 3.63) is 22.7 Å². The van der Waals surface area contributed by atoms with Crippen LogP contribution in [0, 0.1) is 0 Å². The summed E-state index contributed by atoms with van der Waals surface area (Å²) in [5.74, 6) is 0.571. The molecule has 1 heterocycles. The Balaban J connectivity index is 1.81. The number of nitrogens with two attached hydrogens (primary N) is 1. The second kappa shape index (κ2) is 13.2. The number of hydrogen-bond donors (Lipinski definition) is 3. The van der Waals surface area contributed by atoms with Crippen molar-refractivity contribution in [2.75, 3.05) is 58.0 Å². The largest absolute Gasteiger partial charge is 0.379 e. The average Bonchev–Trinajstić information content (AvgIpc) is 2.52. The Bertz CT molecular complexity index is 427. The zero-order chi connectivity index (χ0) is 15.9. The molecule has 1 aromatic heterocycles. The van der Waals surface area contributed by atoms with Crippen LogP contribution in [0.15, 0.2) is 17.1 Å². The fraction of sp³-hybridized carbons (Fsp3) is 0.714. The molecule has 0 spiro atoms. The van der Waals surface area contributed by atoms with E-state index in [1.54, 1.807) is 12.3 Å². The molecule has 1 rings (SSSR count). The van der Waals surface area contributed by atoms with Crippen LogP contribution < -0.4 is 16.7 Å². The van der Waals surface area contributed by atoms with E-state index in [9.17, 15) is 4.79 Å². The van der Waals surface area contributed by atoms with Gasteiger partial charge >= 0.3 is 5.69 Å². The molecule has 0 saturated heterocycles. The first-order chi connectivity index (χ1) is 10.8. The SMILES string of the molecule is NCCCOCCOCCOCCCNc1cc[nH]c(=O)n1. The van der Waals surface area contributed by atoms with Crippen LogP contribution in [0.1, 0.15) is 12.8 Å². The Morgan fingerprint density at radius 1 is 1.05 bits per heavy atom. The molecule has 126 valence electrons. The number of hydrogen-bond acceptors (Lipinski definition) is 7. The van der Waals surface area contributed by atoms with Crippen LogP contribution in [-0.4, -0.2) is 62.7 Å². The van der Waals surface area contributed by atoms with E-state index in [1.165, 1.54) is 0 Å². The zero-order valence-corrected chi connectivity index (χ0v) is 12.9. The molecule has 4 N–H and O–H groups in total. The van der Waals surface area contributed by atoms with Gasteiger partial charge in [-0.2, -0.15) is 4.98 Å². The lowest BCUT2D eigenvalue weighted by Crippen LogP contribution is -2.15. The lowest BCUT2D eigenvalue weighted by Gasteiger charge is -2.07. The van der Waals surface area contributed by atoms with Crippen LogP contribution in [0.5, 0.6) is 0 Å². The van der Waals surface area contributed by atoms with Crippen molar-refractivity contribution in [3.8, 4) is 0 Å². The molecule has 0 aliphatic rings. The molecule has 0 aliphatic carbocycles. The zero-order valence-electron chi connectivity index (χ0n) is 12.9. The van der Waals surface area contributed by atoms with Gasteiger partial charge in [0.05, 0.1) is 26.4 Å². The maximum absolute atomic E-state index is 11.0. The van der Waals surface area contributed by atoms with E-state index >= 15 is 0 Å². The fourth-order valence-corrected chi connectivity index (χ4v) is 1.59. The average molecular weight is 314 g/mol. The minimum absolute atomic E-state index is 0.356. The van der Waals surface area contributed by atoms with Gasteiger partial charge in [-0.25, -0.2) is 4.79 Å². The Morgan fingerprint density at radius 3 is 2.32 bits per heavy atom. The van der Waals surface area contributed by atoms with E-state index in [-0.39, 0.29) is 5.69 Å². The molecule has 1 aromatic rings. The van der Waals surface area contributed by atoms with E-state index in [4.69, 9.17) is 19.9 Å². The number of aromatic nitrogens is 2. The van der Waals surface area contributed by atoms with Crippen molar-refractivity contribution in [2.24, 2.45) is 5.73 Å². The minimum atomic E-state index is -0.356. The number of ether oxygens (including phenoxy) is 3. The lowest BCUT2D eigenvalue weighted by atomic mass is 10.4. The number of aromatic amines is 1. The Labute approximate surface area is 130 Å². The number of nitrogens with one attached hydrogen (secondary N) is 2. The number of rotatable bonds is 14. The highest BCUT2D eigenvalue weighted by Gasteiger charge is 1.95. The van der Waals surface area contributed by atoms with Crippen molar-refractivity contribution < 1.29 is 14.2 Å². The Morgan fingerprint density at radius 2 is 1.68 bits per heavy atom. The Kier molecular flexibility index (Phi) is 11.1. The third kappa shape index (κ3) is 10.3. The van der Waals surface area contributed by atoms with Gasteiger partial charge in [0.15, 0.2) is 0 Å². The first-order valence-corrected chi connectivity index (χ1v) is 7.56. The normalized spacial score (nSPS) is 10.8. The second-order valence-corrected chi connectivity index (χ2v) is 4.54. The number of nitrogens with zero attached hydrogens (tertiary/aromatic N) is 1. The third-order valence-corrected chi connectivity index (χ3v) is 2.68. The molecule has 0 unspecified atom stereocenters. The number of anilines is 1. The van der Waals surface area contributed by atoms with Crippen molar-refractivity contribution in [1.82, 2.24) is 9.97 Å². The first-order valence-electron chi connectivity index (χ1n) is 7.56. The van der Waals surface area contributed by atoms with E-state index in [0.717, 1.165) is 12.8 Å². The predicted octanol–water partition coefficient (Wildman–Crippen LogP) is -0.0295. The van der Waals surface area contributed by atoms with Crippen molar-refractivity contribution in [2.45, 2.75) is 12.8 Å². The summed E-state index contributed by atoms with van der Waals surface area (Å²) in [5, 5.41) is 3.05. The minimum Gasteiger partial charge on any atom is -0.379 e. The molecule has 0 aromatic carbocycles. The van der Waals surface area contributed by atoms with Gasteiger partial charge in [0.2, 0.25) is 0 Å². The summed E-state index contributed by atoms with van der Waals surface area (Å²) in [6.45, 7) is 4.96. The third-order valence-electron chi connectivity index (χ3n) is 2.68. The van der Waals surface area contributed by atoms with Crippen LogP contribution in [-0.2, 0) is 14.2 Å². The summed E-state index contributed by atoms with van der Waals surface area (Å²) in [6.07, 6.45) is 3.27. The standard InChI is InChI=1S/C14H26N4O4/c15-4-1-7-20-9-11-22-12-10-21-8-2-5-16-13-3-6-17-14(19)18-13/h3,6H,1-2,4-5,7-12,15H2,(H2,16,17,18,19). The van der Waals surface area contributed by atoms with Crippen LogP contribution >= 0.6 is 0 Å². The summed E-state index contributed by atoms with van der Waals surface area (Å²) in [5.41, 5.74) is 4.99. The second-order valence-electron chi connectivity index (χ2n) is 4.54.